The second kappa shape index (κ2) is 6.86. The smallest absolute Gasteiger partial charge is 0.313 e. The van der Waals surface area contributed by atoms with Crippen LogP contribution in [0.1, 0.15) is 29.0 Å². The molecule has 2 heterocycles. The fourth-order valence-corrected chi connectivity index (χ4v) is 4.43. The van der Waals surface area contributed by atoms with E-state index < -0.39 is 27.5 Å². The van der Waals surface area contributed by atoms with Crippen molar-refractivity contribution in [3.8, 4) is 11.5 Å². The first-order valence-electron chi connectivity index (χ1n) is 9.31. The van der Waals surface area contributed by atoms with Crippen molar-refractivity contribution in [3.63, 3.8) is 0 Å². The molecule has 0 aliphatic carbocycles. The van der Waals surface area contributed by atoms with Gasteiger partial charge in [-0.3, -0.25) is 9.89 Å². The largest absolute Gasteiger partial charge is 0.496 e. The number of halogens is 5. The van der Waals surface area contributed by atoms with E-state index in [-0.39, 0.29) is 24.0 Å². The first-order valence-corrected chi connectivity index (χ1v) is 11.3. The molecule has 1 aliphatic rings. The maximum atomic E-state index is 13.3. The Bertz CT molecular complexity index is 1200. The fraction of sp³-hybridized carbons (Fsp3) is 0.200. The van der Waals surface area contributed by atoms with E-state index in [1.54, 1.807) is 24.4 Å². The third kappa shape index (κ3) is 4.35. The Hall–Kier alpha value is -3.28. The highest BCUT2D eigenvalue weighted by Gasteiger charge is 2.67. The zero-order valence-electron chi connectivity index (χ0n) is 16.6. The molecule has 0 radical (unpaired) electrons. The van der Waals surface area contributed by atoms with Crippen LogP contribution >= 0.6 is 10.2 Å². The molecular weight excluding hydrogens is 457 g/mol. The molecule has 0 spiro atoms. The van der Waals surface area contributed by atoms with Crippen LogP contribution < -0.4 is 14.8 Å². The SMILES string of the molecule is COc1cc(C2CC(=O)Nc3[nH]ncc32)ccc1COc1ccccc1S(F)(F)(F)(F)F. The Labute approximate surface area is 179 Å². The Balaban J connectivity index is 1.61. The van der Waals surface area contributed by atoms with Gasteiger partial charge in [0.25, 0.3) is 0 Å². The minimum Gasteiger partial charge on any atom is -0.496 e. The van der Waals surface area contributed by atoms with Crippen LogP contribution in [0.3, 0.4) is 0 Å². The van der Waals surface area contributed by atoms with Crippen LogP contribution in [0.15, 0.2) is 53.6 Å². The second-order valence-electron chi connectivity index (χ2n) is 7.28. The average Bonchev–Trinajstić information content (AvgIpc) is 3.18. The first-order chi connectivity index (χ1) is 14.9. The third-order valence-electron chi connectivity index (χ3n) is 5.06. The van der Waals surface area contributed by atoms with Gasteiger partial charge in [-0.2, -0.15) is 5.10 Å². The number of H-pyrrole nitrogens is 1. The summed E-state index contributed by atoms with van der Waals surface area (Å²) in [6.07, 6.45) is 1.77. The highest BCUT2D eigenvalue weighted by molar-refractivity contribution is 8.45. The van der Waals surface area contributed by atoms with Crippen LogP contribution in [0.4, 0.5) is 25.2 Å². The number of carbonyl (C=O) groups is 1. The molecule has 0 fully saturated rings. The van der Waals surface area contributed by atoms with Crippen molar-refractivity contribution in [2.24, 2.45) is 0 Å². The molecule has 2 N–H and O–H groups in total. The zero-order chi connectivity index (χ0) is 23.2. The van der Waals surface area contributed by atoms with E-state index in [1.165, 1.54) is 13.2 Å². The number of ether oxygens (including phenoxy) is 2. The number of benzene rings is 2. The van der Waals surface area contributed by atoms with Crippen LogP contribution in [0.25, 0.3) is 0 Å². The lowest BCUT2D eigenvalue weighted by molar-refractivity contribution is -0.116. The number of hydrogen-bond donors (Lipinski definition) is 2. The standard InChI is InChI=1S/C20H18F5N3O3S/c1-30-17-8-12(14-9-19(29)27-20-15(14)10-26-28-20)6-7-13(17)11-31-16-4-2-3-5-18(16)32(21,22,23,24)25/h2-8,10,14H,9,11H2,1H3,(H2,26,27,28,29). The number of methoxy groups -OCH3 is 1. The molecule has 6 nitrogen and oxygen atoms in total. The molecule has 1 aromatic heterocycles. The van der Waals surface area contributed by atoms with Gasteiger partial charge in [-0.25, -0.2) is 0 Å². The molecule has 1 unspecified atom stereocenters. The Kier molecular flexibility index (Phi) is 4.70. The lowest BCUT2D eigenvalue weighted by Gasteiger charge is -2.41. The molecule has 1 atom stereocenters. The number of aromatic nitrogens is 2. The molecular formula is C20H18F5N3O3S. The van der Waals surface area contributed by atoms with Crippen LogP contribution in [-0.4, -0.2) is 23.2 Å². The monoisotopic (exact) mass is 475 g/mol. The van der Waals surface area contributed by atoms with E-state index >= 15 is 0 Å². The van der Waals surface area contributed by atoms with Gasteiger partial charge in [0.2, 0.25) is 5.91 Å². The number of amides is 1. The van der Waals surface area contributed by atoms with Crippen molar-refractivity contribution in [1.82, 2.24) is 10.2 Å². The van der Waals surface area contributed by atoms with Gasteiger partial charge >= 0.3 is 10.2 Å². The van der Waals surface area contributed by atoms with Gasteiger partial charge in [-0.1, -0.05) is 43.7 Å². The number of aromatic amines is 1. The highest BCUT2D eigenvalue weighted by Crippen LogP contribution is 3.03. The minimum absolute atomic E-state index is 0.169. The Morgan fingerprint density at radius 1 is 1.09 bits per heavy atom. The highest BCUT2D eigenvalue weighted by atomic mass is 32.5. The summed E-state index contributed by atoms with van der Waals surface area (Å²) >= 11 is 0. The molecule has 3 aromatic rings. The van der Waals surface area contributed by atoms with E-state index in [4.69, 9.17) is 9.47 Å². The van der Waals surface area contributed by atoms with Gasteiger partial charge in [0.1, 0.15) is 28.8 Å². The normalized spacial score (nSPS) is 18.2. The van der Waals surface area contributed by atoms with Crippen LogP contribution in [0.2, 0.25) is 0 Å². The molecule has 1 amide bonds. The third-order valence-corrected chi connectivity index (χ3v) is 6.23. The predicted octanol–water partition coefficient (Wildman–Crippen LogP) is 6.13. The average molecular weight is 475 g/mol. The molecule has 4 rings (SSSR count). The number of nitrogens with zero attached hydrogens (tertiary/aromatic N) is 1. The number of anilines is 1. The Morgan fingerprint density at radius 3 is 2.56 bits per heavy atom. The molecule has 0 bridgehead atoms. The van der Waals surface area contributed by atoms with Crippen LogP contribution in [0, 0.1) is 0 Å². The number of carbonyl (C=O) groups excluding carboxylic acids is 1. The second-order valence-corrected chi connectivity index (χ2v) is 9.66. The van der Waals surface area contributed by atoms with Crippen molar-refractivity contribution < 1.29 is 33.7 Å². The lowest BCUT2D eigenvalue weighted by atomic mass is 9.87. The molecule has 0 saturated heterocycles. The number of para-hydroxylation sites is 1. The predicted molar refractivity (Wildman–Crippen MR) is 109 cm³/mol. The quantitative estimate of drug-likeness (QED) is 0.421. The summed E-state index contributed by atoms with van der Waals surface area (Å²) in [6.45, 7) is -0.434. The van der Waals surface area contributed by atoms with Gasteiger partial charge in [-0.05, 0) is 23.8 Å². The number of hydrogen-bond acceptors (Lipinski definition) is 4. The van der Waals surface area contributed by atoms with Gasteiger partial charge in [0, 0.05) is 23.5 Å². The van der Waals surface area contributed by atoms with Crippen molar-refractivity contribution in [3.05, 3.63) is 65.4 Å². The van der Waals surface area contributed by atoms with Gasteiger partial charge in [-0.15, -0.1) is 0 Å². The van der Waals surface area contributed by atoms with E-state index in [2.05, 4.69) is 15.5 Å². The summed E-state index contributed by atoms with van der Waals surface area (Å²) in [5.74, 6) is -0.709. The lowest BCUT2D eigenvalue weighted by Crippen LogP contribution is -2.23. The van der Waals surface area contributed by atoms with Crippen LogP contribution in [0.5, 0.6) is 11.5 Å². The number of nitrogens with one attached hydrogen (secondary N) is 2. The summed E-state index contributed by atoms with van der Waals surface area (Å²) in [4.78, 5) is 9.91. The van der Waals surface area contributed by atoms with Crippen LogP contribution in [-0.2, 0) is 11.4 Å². The van der Waals surface area contributed by atoms with E-state index in [1.807, 2.05) is 0 Å². The van der Waals surface area contributed by atoms with E-state index in [0.717, 1.165) is 23.3 Å². The topological polar surface area (TPSA) is 76.2 Å². The maximum absolute atomic E-state index is 13.3. The Morgan fingerprint density at radius 2 is 1.84 bits per heavy atom. The molecule has 32 heavy (non-hydrogen) atoms. The molecule has 0 saturated carbocycles. The van der Waals surface area contributed by atoms with Gasteiger partial charge in [0.05, 0.1) is 13.3 Å². The number of fused-ring (bicyclic) bond motifs is 1. The van der Waals surface area contributed by atoms with E-state index in [9.17, 15) is 24.2 Å². The zero-order valence-corrected chi connectivity index (χ0v) is 17.4. The summed E-state index contributed by atoms with van der Waals surface area (Å²) < 4.78 is 77.1. The molecule has 172 valence electrons. The summed E-state index contributed by atoms with van der Waals surface area (Å²) in [5.41, 5.74) is 1.84. The molecule has 12 heteroatoms. The molecule has 1 aliphatic heterocycles. The number of rotatable bonds is 6. The van der Waals surface area contributed by atoms with Crippen molar-refractivity contribution in [1.29, 1.82) is 0 Å². The summed E-state index contributed by atoms with van der Waals surface area (Å²) in [6, 6.07) is 8.07. The summed E-state index contributed by atoms with van der Waals surface area (Å²) in [5, 5.41) is 9.32. The summed E-state index contributed by atoms with van der Waals surface area (Å²) in [7, 11) is -8.56. The van der Waals surface area contributed by atoms with Crippen molar-refractivity contribution in [2.45, 2.75) is 23.8 Å². The van der Waals surface area contributed by atoms with Gasteiger partial charge < -0.3 is 14.8 Å². The van der Waals surface area contributed by atoms with Gasteiger partial charge in [0.15, 0.2) is 0 Å². The van der Waals surface area contributed by atoms with Crippen molar-refractivity contribution >= 4 is 21.9 Å². The minimum atomic E-state index is -9.93. The van der Waals surface area contributed by atoms with Crippen molar-refractivity contribution in [2.75, 3.05) is 12.4 Å². The molecule has 2 aromatic carbocycles. The first kappa shape index (κ1) is 21.9. The fourth-order valence-electron chi connectivity index (χ4n) is 3.58. The maximum Gasteiger partial charge on any atom is 0.313 e. The van der Waals surface area contributed by atoms with E-state index in [0.29, 0.717) is 17.4 Å².